The van der Waals surface area contributed by atoms with Crippen LogP contribution in [0.2, 0.25) is 0 Å². The Labute approximate surface area is 121 Å². The normalized spacial score (nSPS) is 23.1. The molecule has 0 aliphatic heterocycles. The topological polar surface area (TPSA) is 29.1 Å². The first kappa shape index (κ1) is 13.9. The molecule has 18 heavy (non-hydrogen) atoms. The molecule has 2 unspecified atom stereocenters. The fourth-order valence-corrected chi connectivity index (χ4v) is 3.75. The third-order valence-electron chi connectivity index (χ3n) is 3.52. The quantitative estimate of drug-likeness (QED) is 0.915. The molecule has 2 rings (SSSR count). The molecule has 1 N–H and O–H groups in total. The lowest BCUT2D eigenvalue weighted by molar-refractivity contribution is 0.0938. The van der Waals surface area contributed by atoms with E-state index in [1.165, 1.54) is 12.8 Å². The molecule has 0 aromatic heterocycles. The van der Waals surface area contributed by atoms with Gasteiger partial charge in [-0.15, -0.1) is 0 Å². The van der Waals surface area contributed by atoms with E-state index < -0.39 is 0 Å². The Morgan fingerprint density at radius 3 is 2.94 bits per heavy atom. The van der Waals surface area contributed by atoms with Crippen molar-refractivity contribution in [2.75, 3.05) is 6.26 Å². The minimum atomic E-state index is 0.0553. The Morgan fingerprint density at radius 2 is 2.22 bits per heavy atom. The highest BCUT2D eigenvalue weighted by molar-refractivity contribution is 9.10. The zero-order chi connectivity index (χ0) is 13.1. The molecule has 1 fully saturated rings. The first-order chi connectivity index (χ1) is 8.61. The van der Waals surface area contributed by atoms with E-state index in [-0.39, 0.29) is 5.91 Å². The van der Waals surface area contributed by atoms with E-state index in [0.29, 0.717) is 11.3 Å². The molecule has 1 saturated carbocycles. The summed E-state index contributed by atoms with van der Waals surface area (Å²) >= 11 is 5.28. The van der Waals surface area contributed by atoms with Crippen molar-refractivity contribution in [2.45, 2.75) is 37.5 Å². The van der Waals surface area contributed by atoms with Gasteiger partial charge >= 0.3 is 0 Å². The van der Waals surface area contributed by atoms with E-state index in [0.717, 1.165) is 22.0 Å². The maximum atomic E-state index is 12.3. The lowest BCUT2D eigenvalue weighted by Gasteiger charge is -2.19. The maximum absolute atomic E-state index is 12.3. The summed E-state index contributed by atoms with van der Waals surface area (Å²) in [6.45, 7) is 1.97. The highest BCUT2D eigenvalue weighted by Gasteiger charge is 2.28. The number of thioether (sulfide) groups is 1. The molecule has 2 atom stereocenters. The molecule has 4 heteroatoms. The predicted molar refractivity (Wildman–Crippen MR) is 81.3 cm³/mol. The van der Waals surface area contributed by atoms with Crippen LogP contribution in [0.3, 0.4) is 0 Å². The summed E-state index contributed by atoms with van der Waals surface area (Å²) in [4.78, 5) is 12.3. The third-order valence-corrected chi connectivity index (χ3v) is 5.18. The second-order valence-corrected chi connectivity index (χ2v) is 6.74. The summed E-state index contributed by atoms with van der Waals surface area (Å²) in [6.07, 6.45) is 5.65. The largest absolute Gasteiger partial charge is 0.348 e. The van der Waals surface area contributed by atoms with Crippen molar-refractivity contribution in [1.82, 2.24) is 5.32 Å². The van der Waals surface area contributed by atoms with Crippen molar-refractivity contribution in [2.24, 2.45) is 0 Å². The summed E-state index contributed by atoms with van der Waals surface area (Å²) in [5.74, 6) is 0.0553. The standard InChI is InChI=1S/C14H18BrNOS/c1-9-6-7-10(15)8-11(9)14(17)16-12-4-3-5-13(12)18-2/h6-8,12-13H,3-5H2,1-2H3,(H,16,17). The van der Waals surface area contributed by atoms with Gasteiger partial charge in [0.15, 0.2) is 0 Å². The van der Waals surface area contributed by atoms with Crippen LogP contribution in [0.1, 0.15) is 35.2 Å². The van der Waals surface area contributed by atoms with Gasteiger partial charge in [-0.1, -0.05) is 28.4 Å². The van der Waals surface area contributed by atoms with Gasteiger partial charge in [-0.2, -0.15) is 11.8 Å². The lowest BCUT2D eigenvalue weighted by Crippen LogP contribution is -2.38. The van der Waals surface area contributed by atoms with Gasteiger partial charge in [-0.05, 0) is 43.7 Å². The molecule has 1 amide bonds. The van der Waals surface area contributed by atoms with Gasteiger partial charge in [0.05, 0.1) is 0 Å². The predicted octanol–water partition coefficient (Wildman–Crippen LogP) is 3.77. The van der Waals surface area contributed by atoms with E-state index in [1.54, 1.807) is 0 Å². The Kier molecular flexibility index (Phi) is 4.73. The van der Waals surface area contributed by atoms with E-state index >= 15 is 0 Å². The maximum Gasteiger partial charge on any atom is 0.251 e. The zero-order valence-corrected chi connectivity index (χ0v) is 13.1. The first-order valence-electron chi connectivity index (χ1n) is 6.21. The van der Waals surface area contributed by atoms with Gasteiger partial charge in [0.1, 0.15) is 0 Å². The van der Waals surface area contributed by atoms with Crippen LogP contribution in [0.15, 0.2) is 22.7 Å². The van der Waals surface area contributed by atoms with Crippen LogP contribution in [0.5, 0.6) is 0 Å². The van der Waals surface area contributed by atoms with Crippen LogP contribution in [-0.4, -0.2) is 23.5 Å². The summed E-state index contributed by atoms with van der Waals surface area (Å²) in [5.41, 5.74) is 1.80. The number of rotatable bonds is 3. The van der Waals surface area contributed by atoms with E-state index in [9.17, 15) is 4.79 Å². The Balaban J connectivity index is 2.09. The minimum Gasteiger partial charge on any atom is -0.348 e. The van der Waals surface area contributed by atoms with Gasteiger partial charge in [-0.25, -0.2) is 0 Å². The number of aryl methyl sites for hydroxylation is 1. The second-order valence-electron chi connectivity index (χ2n) is 4.74. The molecule has 0 bridgehead atoms. The summed E-state index contributed by atoms with van der Waals surface area (Å²) in [5, 5.41) is 3.75. The molecule has 1 aromatic carbocycles. The molecule has 1 aromatic rings. The van der Waals surface area contributed by atoms with Crippen molar-refractivity contribution < 1.29 is 4.79 Å². The van der Waals surface area contributed by atoms with Crippen LogP contribution in [0.4, 0.5) is 0 Å². The number of nitrogens with one attached hydrogen (secondary N) is 1. The smallest absolute Gasteiger partial charge is 0.251 e. The molecule has 0 saturated heterocycles. The zero-order valence-electron chi connectivity index (χ0n) is 10.7. The van der Waals surface area contributed by atoms with Crippen molar-refractivity contribution in [3.8, 4) is 0 Å². The number of halogens is 1. The summed E-state index contributed by atoms with van der Waals surface area (Å²) in [7, 11) is 0. The van der Waals surface area contributed by atoms with Gasteiger partial charge in [-0.3, -0.25) is 4.79 Å². The average molecular weight is 328 g/mol. The number of hydrogen-bond donors (Lipinski definition) is 1. The van der Waals surface area contributed by atoms with E-state index in [1.807, 2.05) is 36.9 Å². The van der Waals surface area contributed by atoms with Gasteiger partial charge in [0, 0.05) is 21.3 Å². The van der Waals surface area contributed by atoms with Crippen LogP contribution in [0, 0.1) is 6.92 Å². The fourth-order valence-electron chi connectivity index (χ4n) is 2.46. The number of benzene rings is 1. The van der Waals surface area contributed by atoms with Crippen LogP contribution in [-0.2, 0) is 0 Å². The fraction of sp³-hybridized carbons (Fsp3) is 0.500. The van der Waals surface area contributed by atoms with Crippen LogP contribution in [0.25, 0.3) is 0 Å². The van der Waals surface area contributed by atoms with Gasteiger partial charge in [0.2, 0.25) is 0 Å². The first-order valence-corrected chi connectivity index (χ1v) is 8.29. The second kappa shape index (κ2) is 6.11. The highest BCUT2D eigenvalue weighted by Crippen LogP contribution is 2.28. The molecule has 98 valence electrons. The minimum absolute atomic E-state index is 0.0553. The van der Waals surface area contributed by atoms with Crippen LogP contribution < -0.4 is 5.32 Å². The Hall–Kier alpha value is -0.480. The van der Waals surface area contributed by atoms with E-state index in [4.69, 9.17) is 0 Å². The molecule has 0 spiro atoms. The Bertz CT molecular complexity index is 449. The number of carbonyl (C=O) groups excluding carboxylic acids is 1. The number of hydrogen-bond acceptors (Lipinski definition) is 2. The molecule has 1 aliphatic rings. The van der Waals surface area contributed by atoms with Crippen molar-refractivity contribution in [1.29, 1.82) is 0 Å². The molecule has 0 heterocycles. The molecule has 1 aliphatic carbocycles. The van der Waals surface area contributed by atoms with Crippen molar-refractivity contribution >= 4 is 33.6 Å². The number of amides is 1. The van der Waals surface area contributed by atoms with Crippen LogP contribution >= 0.6 is 27.7 Å². The number of carbonyl (C=O) groups is 1. The summed E-state index contributed by atoms with van der Waals surface area (Å²) in [6, 6.07) is 6.16. The Morgan fingerprint density at radius 1 is 1.44 bits per heavy atom. The SMILES string of the molecule is CSC1CCCC1NC(=O)c1cc(Br)ccc1C. The average Bonchev–Trinajstić information content (AvgIpc) is 2.79. The van der Waals surface area contributed by atoms with E-state index in [2.05, 4.69) is 27.5 Å². The van der Waals surface area contributed by atoms with Gasteiger partial charge in [0.25, 0.3) is 5.91 Å². The third kappa shape index (κ3) is 3.09. The molecular weight excluding hydrogens is 310 g/mol. The van der Waals surface area contributed by atoms with Crippen molar-refractivity contribution in [3.63, 3.8) is 0 Å². The summed E-state index contributed by atoms with van der Waals surface area (Å²) < 4.78 is 0.950. The van der Waals surface area contributed by atoms with Gasteiger partial charge < -0.3 is 5.32 Å². The monoisotopic (exact) mass is 327 g/mol. The van der Waals surface area contributed by atoms with Crippen molar-refractivity contribution in [3.05, 3.63) is 33.8 Å². The molecule has 0 radical (unpaired) electrons. The molecule has 2 nitrogen and oxygen atoms in total. The lowest BCUT2D eigenvalue weighted by atomic mass is 10.1. The molecular formula is C14H18BrNOS. The highest BCUT2D eigenvalue weighted by atomic mass is 79.9.